The van der Waals surface area contributed by atoms with Gasteiger partial charge in [-0.05, 0) is 19.1 Å². The molecule has 1 amide bonds. The quantitative estimate of drug-likeness (QED) is 0.819. The smallest absolute Gasteiger partial charge is 0.228 e. The molecule has 16 heavy (non-hydrogen) atoms. The van der Waals surface area contributed by atoms with Crippen LogP contribution in [0.5, 0.6) is 5.75 Å². The van der Waals surface area contributed by atoms with Gasteiger partial charge in [0.05, 0.1) is 12.3 Å². The summed E-state index contributed by atoms with van der Waals surface area (Å²) in [6.07, 6.45) is 0.344. The maximum Gasteiger partial charge on any atom is 0.228 e. The van der Waals surface area contributed by atoms with Crippen molar-refractivity contribution in [3.8, 4) is 5.75 Å². The molecule has 88 valence electrons. The molecule has 0 atom stereocenters. The third-order valence-electron chi connectivity index (χ3n) is 2.26. The van der Waals surface area contributed by atoms with Crippen molar-refractivity contribution in [2.24, 2.45) is 5.73 Å². The summed E-state index contributed by atoms with van der Waals surface area (Å²) in [6.45, 7) is 2.86. The first-order valence-electron chi connectivity index (χ1n) is 5.39. The second-order valence-corrected chi connectivity index (χ2v) is 3.39. The van der Waals surface area contributed by atoms with E-state index in [-0.39, 0.29) is 5.91 Å². The maximum absolute atomic E-state index is 11.7. The van der Waals surface area contributed by atoms with Crippen LogP contribution in [-0.2, 0) is 4.79 Å². The Morgan fingerprint density at radius 2 is 2.12 bits per heavy atom. The number of hydrogen-bond acceptors (Lipinski definition) is 3. The molecule has 4 heteroatoms. The third-order valence-corrected chi connectivity index (χ3v) is 2.26. The molecule has 0 saturated carbocycles. The van der Waals surface area contributed by atoms with E-state index in [9.17, 15) is 4.79 Å². The number of carbonyl (C=O) groups excluding carboxylic acids is 1. The van der Waals surface area contributed by atoms with Crippen molar-refractivity contribution in [2.75, 3.05) is 25.1 Å². The molecule has 0 radical (unpaired) electrons. The predicted molar refractivity (Wildman–Crippen MR) is 64.7 cm³/mol. The number of rotatable bonds is 5. The van der Waals surface area contributed by atoms with Crippen molar-refractivity contribution in [1.29, 1.82) is 0 Å². The normalized spacial score (nSPS) is 9.94. The Bertz CT molecular complexity index is 353. The topological polar surface area (TPSA) is 55.6 Å². The lowest BCUT2D eigenvalue weighted by Gasteiger charge is -2.20. The Morgan fingerprint density at radius 3 is 2.75 bits per heavy atom. The van der Waals surface area contributed by atoms with E-state index in [0.717, 1.165) is 11.4 Å². The van der Waals surface area contributed by atoms with E-state index in [1.54, 1.807) is 11.9 Å². The average Bonchev–Trinajstić information content (AvgIpc) is 2.29. The van der Waals surface area contributed by atoms with Gasteiger partial charge >= 0.3 is 0 Å². The van der Waals surface area contributed by atoms with Crippen molar-refractivity contribution >= 4 is 11.6 Å². The Morgan fingerprint density at radius 1 is 1.44 bits per heavy atom. The molecular weight excluding hydrogens is 204 g/mol. The van der Waals surface area contributed by atoms with E-state index in [1.807, 2.05) is 31.2 Å². The maximum atomic E-state index is 11.7. The van der Waals surface area contributed by atoms with Crippen LogP contribution in [0.25, 0.3) is 0 Å². The lowest BCUT2D eigenvalue weighted by Crippen LogP contribution is -2.28. The lowest BCUT2D eigenvalue weighted by molar-refractivity contribution is -0.118. The van der Waals surface area contributed by atoms with Gasteiger partial charge in [0.1, 0.15) is 5.75 Å². The molecule has 0 aliphatic carbocycles. The highest BCUT2D eigenvalue weighted by Crippen LogP contribution is 2.27. The lowest BCUT2D eigenvalue weighted by atomic mass is 10.2. The zero-order chi connectivity index (χ0) is 12.0. The molecule has 0 unspecified atom stereocenters. The minimum atomic E-state index is -0.00495. The molecule has 4 nitrogen and oxygen atoms in total. The predicted octanol–water partition coefficient (Wildman–Crippen LogP) is 1.40. The molecular formula is C12H18N2O2. The van der Waals surface area contributed by atoms with Gasteiger partial charge in [0.15, 0.2) is 0 Å². The van der Waals surface area contributed by atoms with Gasteiger partial charge in [0.2, 0.25) is 5.91 Å². The van der Waals surface area contributed by atoms with Crippen molar-refractivity contribution in [3.63, 3.8) is 0 Å². The van der Waals surface area contributed by atoms with Gasteiger partial charge in [0, 0.05) is 20.0 Å². The zero-order valence-corrected chi connectivity index (χ0v) is 9.77. The molecule has 0 aliphatic rings. The highest BCUT2D eigenvalue weighted by molar-refractivity contribution is 5.94. The fourth-order valence-corrected chi connectivity index (χ4v) is 1.44. The summed E-state index contributed by atoms with van der Waals surface area (Å²) in [7, 11) is 1.73. The standard InChI is InChI=1S/C12H18N2O2/c1-3-16-11-7-5-4-6-10(11)14(2)12(15)8-9-13/h4-7H,3,8-9,13H2,1-2H3. The van der Waals surface area contributed by atoms with Crippen LogP contribution in [-0.4, -0.2) is 26.1 Å². The zero-order valence-electron chi connectivity index (χ0n) is 9.77. The molecule has 0 heterocycles. The Kier molecular flexibility index (Phi) is 4.79. The molecule has 1 aromatic rings. The summed E-state index contributed by atoms with van der Waals surface area (Å²) in [5.74, 6) is 0.715. The van der Waals surface area contributed by atoms with Crippen LogP contribution >= 0.6 is 0 Å². The minimum Gasteiger partial charge on any atom is -0.492 e. The Labute approximate surface area is 96.0 Å². The number of anilines is 1. The summed E-state index contributed by atoms with van der Waals surface area (Å²) in [5.41, 5.74) is 6.14. The third kappa shape index (κ3) is 2.97. The van der Waals surface area contributed by atoms with E-state index in [2.05, 4.69) is 0 Å². The average molecular weight is 222 g/mol. The number of amides is 1. The summed E-state index contributed by atoms with van der Waals surface area (Å²) < 4.78 is 5.46. The van der Waals surface area contributed by atoms with Crippen LogP contribution in [0.15, 0.2) is 24.3 Å². The van der Waals surface area contributed by atoms with Crippen LogP contribution in [0.3, 0.4) is 0 Å². The van der Waals surface area contributed by atoms with Crippen LogP contribution in [0.2, 0.25) is 0 Å². The molecule has 0 aliphatic heterocycles. The number of ether oxygens (including phenoxy) is 1. The molecule has 0 saturated heterocycles. The minimum absolute atomic E-state index is 0.00495. The molecule has 0 aromatic heterocycles. The Balaban J connectivity index is 2.89. The van der Waals surface area contributed by atoms with Crippen LogP contribution < -0.4 is 15.4 Å². The molecule has 0 spiro atoms. The first-order chi connectivity index (χ1) is 7.70. The van der Waals surface area contributed by atoms with Crippen molar-refractivity contribution < 1.29 is 9.53 Å². The van der Waals surface area contributed by atoms with Crippen molar-refractivity contribution in [2.45, 2.75) is 13.3 Å². The van der Waals surface area contributed by atoms with E-state index in [1.165, 1.54) is 0 Å². The van der Waals surface area contributed by atoms with Gasteiger partial charge in [-0.15, -0.1) is 0 Å². The fraction of sp³-hybridized carbons (Fsp3) is 0.417. The molecule has 0 bridgehead atoms. The van der Waals surface area contributed by atoms with Crippen molar-refractivity contribution in [1.82, 2.24) is 0 Å². The van der Waals surface area contributed by atoms with E-state index < -0.39 is 0 Å². The van der Waals surface area contributed by atoms with Crippen LogP contribution in [0.1, 0.15) is 13.3 Å². The molecule has 1 aromatic carbocycles. The number of benzene rings is 1. The summed E-state index contributed by atoms with van der Waals surface area (Å²) >= 11 is 0. The van der Waals surface area contributed by atoms with Gasteiger partial charge < -0.3 is 15.4 Å². The number of hydrogen-bond donors (Lipinski definition) is 1. The number of para-hydroxylation sites is 2. The Hall–Kier alpha value is -1.55. The summed E-state index contributed by atoms with van der Waals surface area (Å²) in [6, 6.07) is 7.48. The van der Waals surface area contributed by atoms with Gasteiger partial charge in [-0.25, -0.2) is 0 Å². The highest BCUT2D eigenvalue weighted by Gasteiger charge is 2.13. The largest absolute Gasteiger partial charge is 0.492 e. The van der Waals surface area contributed by atoms with Gasteiger partial charge in [0.25, 0.3) is 0 Å². The first kappa shape index (κ1) is 12.5. The fourth-order valence-electron chi connectivity index (χ4n) is 1.44. The number of nitrogens with two attached hydrogens (primary N) is 1. The molecule has 0 fully saturated rings. The van der Waals surface area contributed by atoms with Gasteiger partial charge in [-0.2, -0.15) is 0 Å². The number of nitrogens with zero attached hydrogens (tertiary/aromatic N) is 1. The van der Waals surface area contributed by atoms with Gasteiger partial charge in [-0.3, -0.25) is 4.79 Å². The van der Waals surface area contributed by atoms with E-state index in [4.69, 9.17) is 10.5 Å². The highest BCUT2D eigenvalue weighted by atomic mass is 16.5. The number of carbonyl (C=O) groups is 1. The second kappa shape index (κ2) is 6.12. The van der Waals surface area contributed by atoms with Gasteiger partial charge in [-0.1, -0.05) is 12.1 Å². The summed E-state index contributed by atoms with van der Waals surface area (Å²) in [5, 5.41) is 0. The second-order valence-electron chi connectivity index (χ2n) is 3.39. The van der Waals surface area contributed by atoms with Crippen molar-refractivity contribution in [3.05, 3.63) is 24.3 Å². The molecule has 2 N–H and O–H groups in total. The SMILES string of the molecule is CCOc1ccccc1N(C)C(=O)CCN. The van der Waals surface area contributed by atoms with Crippen LogP contribution in [0.4, 0.5) is 5.69 Å². The van der Waals surface area contributed by atoms with E-state index in [0.29, 0.717) is 19.6 Å². The van der Waals surface area contributed by atoms with Crippen LogP contribution in [0, 0.1) is 0 Å². The van der Waals surface area contributed by atoms with E-state index >= 15 is 0 Å². The molecule has 1 rings (SSSR count). The first-order valence-corrected chi connectivity index (χ1v) is 5.39. The monoisotopic (exact) mass is 222 g/mol. The summed E-state index contributed by atoms with van der Waals surface area (Å²) in [4.78, 5) is 13.3.